The normalized spacial score (nSPS) is 10.8. The van der Waals surface area contributed by atoms with E-state index in [2.05, 4.69) is 10.3 Å². The molecule has 0 atom stereocenters. The zero-order valence-corrected chi connectivity index (χ0v) is 13.7. The van der Waals surface area contributed by atoms with Crippen LogP contribution in [-0.2, 0) is 22.6 Å². The standard InChI is InChI=1S/C15H19N3O4S/c1-2-10-8-11-14(23-10)17-9-18(15(11)22)7-5-12(19)16-6-3-4-13(20)21/h8-9H,2-7H2,1H3,(H,16,19)(H,20,21). The summed E-state index contributed by atoms with van der Waals surface area (Å²) in [5.41, 5.74) is -0.135. The number of aromatic nitrogens is 2. The van der Waals surface area contributed by atoms with Crippen LogP contribution in [0.3, 0.4) is 0 Å². The third-order valence-corrected chi connectivity index (χ3v) is 4.57. The van der Waals surface area contributed by atoms with Gasteiger partial charge in [0, 0.05) is 30.8 Å². The lowest BCUT2D eigenvalue weighted by Crippen LogP contribution is -2.28. The van der Waals surface area contributed by atoms with Crippen molar-refractivity contribution in [3.05, 3.63) is 27.6 Å². The van der Waals surface area contributed by atoms with E-state index in [1.807, 2.05) is 13.0 Å². The summed E-state index contributed by atoms with van der Waals surface area (Å²) >= 11 is 1.51. The number of nitrogens with zero attached hydrogens (tertiary/aromatic N) is 2. The van der Waals surface area contributed by atoms with E-state index < -0.39 is 5.97 Å². The van der Waals surface area contributed by atoms with Gasteiger partial charge in [0.2, 0.25) is 5.91 Å². The monoisotopic (exact) mass is 337 g/mol. The van der Waals surface area contributed by atoms with Crippen LogP contribution in [0.2, 0.25) is 0 Å². The van der Waals surface area contributed by atoms with Crippen molar-refractivity contribution in [2.45, 2.75) is 39.2 Å². The van der Waals surface area contributed by atoms with Gasteiger partial charge in [0.05, 0.1) is 11.7 Å². The van der Waals surface area contributed by atoms with Crippen LogP contribution in [-0.4, -0.2) is 33.1 Å². The van der Waals surface area contributed by atoms with Crippen LogP contribution in [0.1, 0.15) is 31.1 Å². The van der Waals surface area contributed by atoms with Crippen LogP contribution < -0.4 is 10.9 Å². The van der Waals surface area contributed by atoms with E-state index in [1.54, 1.807) is 0 Å². The maximum atomic E-state index is 12.3. The molecule has 7 nitrogen and oxygen atoms in total. The lowest BCUT2D eigenvalue weighted by atomic mass is 10.3. The molecule has 2 aromatic heterocycles. The first-order valence-corrected chi connectivity index (χ1v) is 8.29. The Kier molecular flexibility index (Phi) is 5.86. The van der Waals surface area contributed by atoms with E-state index in [0.29, 0.717) is 18.4 Å². The molecular formula is C15H19N3O4S. The van der Waals surface area contributed by atoms with Gasteiger partial charge in [-0.25, -0.2) is 4.98 Å². The smallest absolute Gasteiger partial charge is 0.303 e. The molecule has 0 radical (unpaired) electrons. The van der Waals surface area contributed by atoms with Crippen molar-refractivity contribution in [2.75, 3.05) is 6.54 Å². The molecule has 2 rings (SSSR count). The Morgan fingerprint density at radius 3 is 2.87 bits per heavy atom. The number of carboxylic acid groups (broad SMARTS) is 1. The Morgan fingerprint density at radius 1 is 1.39 bits per heavy atom. The summed E-state index contributed by atoms with van der Waals surface area (Å²) in [5, 5.41) is 11.7. The number of amides is 1. The highest BCUT2D eigenvalue weighted by Crippen LogP contribution is 2.20. The maximum absolute atomic E-state index is 12.3. The van der Waals surface area contributed by atoms with Gasteiger partial charge in [-0.3, -0.25) is 19.0 Å². The Morgan fingerprint density at radius 2 is 2.17 bits per heavy atom. The first-order chi connectivity index (χ1) is 11.0. The van der Waals surface area contributed by atoms with E-state index in [9.17, 15) is 14.4 Å². The van der Waals surface area contributed by atoms with Crippen molar-refractivity contribution in [1.82, 2.24) is 14.9 Å². The lowest BCUT2D eigenvalue weighted by Gasteiger charge is -2.06. The highest BCUT2D eigenvalue weighted by molar-refractivity contribution is 7.18. The number of aliphatic carboxylic acids is 1. The molecule has 124 valence electrons. The third-order valence-electron chi connectivity index (χ3n) is 3.39. The van der Waals surface area contributed by atoms with E-state index >= 15 is 0 Å². The molecule has 1 amide bonds. The van der Waals surface area contributed by atoms with Crippen molar-refractivity contribution >= 4 is 33.4 Å². The molecule has 2 heterocycles. The van der Waals surface area contributed by atoms with Crippen molar-refractivity contribution in [3.8, 4) is 0 Å². The largest absolute Gasteiger partial charge is 0.481 e. The van der Waals surface area contributed by atoms with E-state index in [-0.39, 0.29) is 30.9 Å². The summed E-state index contributed by atoms with van der Waals surface area (Å²) < 4.78 is 1.44. The molecular weight excluding hydrogens is 318 g/mol. The molecule has 0 aromatic carbocycles. The average molecular weight is 337 g/mol. The summed E-state index contributed by atoms with van der Waals surface area (Å²) in [7, 11) is 0. The number of fused-ring (bicyclic) bond motifs is 1. The van der Waals surface area contributed by atoms with Gasteiger partial charge in [0.1, 0.15) is 4.83 Å². The van der Waals surface area contributed by atoms with Gasteiger partial charge in [-0.1, -0.05) is 6.92 Å². The van der Waals surface area contributed by atoms with Crippen LogP contribution in [0.4, 0.5) is 0 Å². The predicted molar refractivity (Wildman–Crippen MR) is 87.8 cm³/mol. The minimum absolute atomic E-state index is 0.0260. The number of hydrogen-bond acceptors (Lipinski definition) is 5. The fraction of sp³-hybridized carbons (Fsp3) is 0.467. The second-order valence-electron chi connectivity index (χ2n) is 5.13. The molecule has 0 aliphatic carbocycles. The molecule has 0 unspecified atom stereocenters. The summed E-state index contributed by atoms with van der Waals surface area (Å²) in [6.07, 6.45) is 2.91. The average Bonchev–Trinajstić information content (AvgIpc) is 2.95. The number of rotatable bonds is 8. The highest BCUT2D eigenvalue weighted by Gasteiger charge is 2.09. The summed E-state index contributed by atoms with van der Waals surface area (Å²) in [5.74, 6) is -1.09. The third kappa shape index (κ3) is 4.62. The lowest BCUT2D eigenvalue weighted by molar-refractivity contribution is -0.137. The minimum Gasteiger partial charge on any atom is -0.481 e. The number of hydrogen-bond donors (Lipinski definition) is 2. The van der Waals surface area contributed by atoms with Crippen LogP contribution in [0, 0.1) is 0 Å². The molecule has 0 bridgehead atoms. The number of carbonyl (C=O) groups excluding carboxylic acids is 1. The number of carbonyl (C=O) groups is 2. The molecule has 0 saturated carbocycles. The number of nitrogens with one attached hydrogen (secondary N) is 1. The maximum Gasteiger partial charge on any atom is 0.303 e. The molecule has 0 aliphatic rings. The molecule has 2 aromatic rings. The first kappa shape index (κ1) is 17.1. The summed E-state index contributed by atoms with van der Waals surface area (Å²) in [6.45, 7) is 2.60. The minimum atomic E-state index is -0.882. The fourth-order valence-electron chi connectivity index (χ4n) is 2.12. The second kappa shape index (κ2) is 7.87. The molecule has 2 N–H and O–H groups in total. The number of aryl methyl sites for hydroxylation is 2. The van der Waals surface area contributed by atoms with Gasteiger partial charge in [0.15, 0.2) is 0 Å². The Bertz CT molecular complexity index is 766. The molecule has 8 heteroatoms. The van der Waals surface area contributed by atoms with Gasteiger partial charge < -0.3 is 10.4 Å². The fourth-order valence-corrected chi connectivity index (χ4v) is 3.05. The van der Waals surface area contributed by atoms with Crippen molar-refractivity contribution in [2.24, 2.45) is 0 Å². The van der Waals surface area contributed by atoms with Crippen molar-refractivity contribution < 1.29 is 14.7 Å². The van der Waals surface area contributed by atoms with Crippen molar-refractivity contribution in [3.63, 3.8) is 0 Å². The predicted octanol–water partition coefficient (Wildman–Crippen LogP) is 1.39. The van der Waals surface area contributed by atoms with Gasteiger partial charge in [0.25, 0.3) is 5.56 Å². The van der Waals surface area contributed by atoms with Crippen LogP contribution in [0.5, 0.6) is 0 Å². The Balaban J connectivity index is 1.91. The molecule has 0 aliphatic heterocycles. The second-order valence-corrected chi connectivity index (χ2v) is 6.24. The van der Waals surface area contributed by atoms with Crippen LogP contribution >= 0.6 is 11.3 Å². The molecule has 0 saturated heterocycles. The van der Waals surface area contributed by atoms with E-state index in [0.717, 1.165) is 16.1 Å². The van der Waals surface area contributed by atoms with Gasteiger partial charge >= 0.3 is 5.97 Å². The number of thiophene rings is 1. The highest BCUT2D eigenvalue weighted by atomic mass is 32.1. The van der Waals surface area contributed by atoms with Crippen molar-refractivity contribution in [1.29, 1.82) is 0 Å². The van der Waals surface area contributed by atoms with E-state index in [4.69, 9.17) is 5.11 Å². The van der Waals surface area contributed by atoms with Gasteiger partial charge in [-0.15, -0.1) is 11.3 Å². The first-order valence-electron chi connectivity index (χ1n) is 7.47. The summed E-state index contributed by atoms with van der Waals surface area (Å²) in [4.78, 5) is 40.5. The van der Waals surface area contributed by atoms with Crippen LogP contribution in [0.25, 0.3) is 10.2 Å². The van der Waals surface area contributed by atoms with E-state index in [1.165, 1.54) is 22.2 Å². The topological polar surface area (TPSA) is 101 Å². The van der Waals surface area contributed by atoms with Gasteiger partial charge in [-0.2, -0.15) is 0 Å². The zero-order valence-electron chi connectivity index (χ0n) is 12.9. The summed E-state index contributed by atoms with van der Waals surface area (Å²) in [6, 6.07) is 1.86. The SMILES string of the molecule is CCc1cc2c(=O)n(CCC(=O)NCCCC(=O)O)cnc2s1. The van der Waals surface area contributed by atoms with Crippen LogP contribution in [0.15, 0.2) is 17.2 Å². The molecule has 0 fully saturated rings. The number of carboxylic acids is 1. The Hall–Kier alpha value is -2.22. The Labute approximate surface area is 137 Å². The molecule has 23 heavy (non-hydrogen) atoms. The molecule has 0 spiro atoms. The van der Waals surface area contributed by atoms with Gasteiger partial charge in [-0.05, 0) is 18.9 Å². The quantitative estimate of drug-likeness (QED) is 0.709. The zero-order chi connectivity index (χ0) is 16.8.